The molecule has 0 aromatic heterocycles. The largest absolute Gasteiger partial charge is 0.178 e. The van der Waals surface area contributed by atoms with Crippen LogP contribution in [0.2, 0.25) is 0 Å². The van der Waals surface area contributed by atoms with E-state index in [-0.39, 0.29) is 0 Å². The molecule has 0 radical (unpaired) electrons. The Balaban J connectivity index is 2.89. The van der Waals surface area contributed by atoms with Gasteiger partial charge in [0, 0.05) is 26.9 Å². The molecule has 10 heavy (non-hydrogen) atoms. The van der Waals surface area contributed by atoms with E-state index in [1.165, 1.54) is 0 Å². The fourth-order valence-electron chi connectivity index (χ4n) is 0.333. The van der Waals surface area contributed by atoms with Crippen LogP contribution in [0.4, 0.5) is 0 Å². The minimum atomic E-state index is 0.439. The Kier molecular flexibility index (Phi) is 10.4. The molecule has 0 aliphatic rings. The lowest BCUT2D eigenvalue weighted by molar-refractivity contribution is 1.17. The number of rotatable bonds is 6. The van der Waals surface area contributed by atoms with Gasteiger partial charge in [-0.2, -0.15) is 37.9 Å². The van der Waals surface area contributed by atoms with Gasteiger partial charge in [-0.1, -0.05) is 0 Å². The average Bonchev–Trinajstić information content (AvgIpc) is 1.98. The van der Waals surface area contributed by atoms with Crippen molar-refractivity contribution in [2.75, 3.05) is 21.7 Å². The van der Waals surface area contributed by atoms with Gasteiger partial charge in [0.2, 0.25) is 0 Å². The third-order valence-electron chi connectivity index (χ3n) is 0.779. The average molecular weight is 232 g/mol. The molecule has 5 heteroatoms. The zero-order valence-corrected chi connectivity index (χ0v) is 9.88. The molecule has 62 valence electrons. The maximum atomic E-state index is 4.31. The highest BCUT2D eigenvalue weighted by Gasteiger charge is 1.98. The van der Waals surface area contributed by atoms with Crippen LogP contribution in [0.3, 0.4) is 0 Å². The van der Waals surface area contributed by atoms with E-state index in [1.807, 2.05) is 23.5 Å². The first-order valence-electron chi connectivity index (χ1n) is 2.86. The molecule has 0 rings (SSSR count). The fourth-order valence-corrected chi connectivity index (χ4v) is 3.17. The number of thioether (sulfide) groups is 2. The molecule has 0 bridgehead atoms. The van der Waals surface area contributed by atoms with Crippen LogP contribution in [-0.2, 0) is 0 Å². The standard InChI is InChI=1S/C5H12S5/c6-1-5(8)2-9-4-10-3-7/h5-8H,1-4H2. The monoisotopic (exact) mass is 232 g/mol. The van der Waals surface area contributed by atoms with Gasteiger partial charge in [-0.15, -0.1) is 23.5 Å². The van der Waals surface area contributed by atoms with Crippen molar-refractivity contribution in [3.05, 3.63) is 0 Å². The lowest BCUT2D eigenvalue weighted by atomic mass is 10.6. The van der Waals surface area contributed by atoms with Gasteiger partial charge in [-0.05, 0) is 0 Å². The zero-order valence-electron chi connectivity index (χ0n) is 5.56. The second-order valence-electron chi connectivity index (χ2n) is 1.66. The van der Waals surface area contributed by atoms with Crippen LogP contribution in [0.5, 0.6) is 0 Å². The molecule has 0 aromatic carbocycles. The van der Waals surface area contributed by atoms with Crippen LogP contribution < -0.4 is 0 Å². The molecule has 0 N–H and O–H groups in total. The van der Waals surface area contributed by atoms with Gasteiger partial charge in [0.15, 0.2) is 0 Å². The maximum Gasteiger partial charge on any atom is 0.0400 e. The summed E-state index contributed by atoms with van der Waals surface area (Å²) in [6.45, 7) is 0. The van der Waals surface area contributed by atoms with E-state index in [2.05, 4.69) is 37.9 Å². The summed E-state index contributed by atoms with van der Waals surface area (Å²) < 4.78 is 0. The molecule has 0 nitrogen and oxygen atoms in total. The van der Waals surface area contributed by atoms with Gasteiger partial charge in [0.25, 0.3) is 0 Å². The lowest BCUT2D eigenvalue weighted by Gasteiger charge is -2.04. The van der Waals surface area contributed by atoms with Crippen molar-refractivity contribution in [1.82, 2.24) is 0 Å². The Morgan fingerprint density at radius 2 is 1.90 bits per heavy atom. The second-order valence-corrected chi connectivity index (χ2v) is 5.88. The van der Waals surface area contributed by atoms with Crippen LogP contribution in [0.15, 0.2) is 0 Å². The molecule has 0 spiro atoms. The Hall–Kier alpha value is 1.75. The molecule has 0 saturated carbocycles. The Morgan fingerprint density at radius 1 is 1.20 bits per heavy atom. The molecule has 0 aliphatic carbocycles. The van der Waals surface area contributed by atoms with Gasteiger partial charge < -0.3 is 0 Å². The van der Waals surface area contributed by atoms with Crippen LogP contribution in [0.1, 0.15) is 0 Å². The van der Waals surface area contributed by atoms with Crippen molar-refractivity contribution >= 4 is 61.4 Å². The molecular formula is C5H12S5. The molecule has 0 heterocycles. The van der Waals surface area contributed by atoms with E-state index in [1.54, 1.807) is 0 Å². The summed E-state index contributed by atoms with van der Waals surface area (Å²) in [5.41, 5.74) is 0. The van der Waals surface area contributed by atoms with Crippen molar-refractivity contribution in [3.63, 3.8) is 0 Å². The number of hydrogen-bond acceptors (Lipinski definition) is 5. The van der Waals surface area contributed by atoms with Crippen LogP contribution in [0, 0.1) is 0 Å². The van der Waals surface area contributed by atoms with Gasteiger partial charge >= 0.3 is 0 Å². The molecule has 0 aliphatic heterocycles. The normalized spacial score (nSPS) is 13.5. The van der Waals surface area contributed by atoms with E-state index in [4.69, 9.17) is 0 Å². The second kappa shape index (κ2) is 8.84. The first-order valence-corrected chi connectivity index (χ1v) is 6.95. The minimum Gasteiger partial charge on any atom is -0.178 e. The van der Waals surface area contributed by atoms with Crippen LogP contribution in [-0.4, -0.2) is 26.9 Å². The first kappa shape index (κ1) is 11.8. The van der Waals surface area contributed by atoms with E-state index in [0.29, 0.717) is 5.25 Å². The fraction of sp³-hybridized carbons (Fsp3) is 1.00. The summed E-state index contributed by atoms with van der Waals surface area (Å²) in [5.74, 6) is 1.95. The Morgan fingerprint density at radius 3 is 2.40 bits per heavy atom. The molecule has 1 unspecified atom stereocenters. The topological polar surface area (TPSA) is 0 Å². The predicted molar refractivity (Wildman–Crippen MR) is 65.4 cm³/mol. The van der Waals surface area contributed by atoms with Gasteiger partial charge in [0.1, 0.15) is 0 Å². The van der Waals surface area contributed by atoms with Crippen molar-refractivity contribution in [2.24, 2.45) is 0 Å². The predicted octanol–water partition coefficient (Wildman–Crippen LogP) is 2.53. The Labute approximate surface area is 87.9 Å². The number of hydrogen-bond donors (Lipinski definition) is 3. The maximum absolute atomic E-state index is 4.31. The smallest absolute Gasteiger partial charge is 0.0400 e. The van der Waals surface area contributed by atoms with E-state index in [9.17, 15) is 0 Å². The highest BCUT2D eigenvalue weighted by Crippen LogP contribution is 2.15. The number of thiol groups is 3. The minimum absolute atomic E-state index is 0.439. The highest BCUT2D eigenvalue weighted by atomic mass is 32.2. The molecule has 0 aromatic rings. The summed E-state index contributed by atoms with van der Waals surface area (Å²) in [7, 11) is 0. The first-order chi connectivity index (χ1) is 4.81. The quantitative estimate of drug-likeness (QED) is 0.366. The highest BCUT2D eigenvalue weighted by molar-refractivity contribution is 8.19. The summed E-state index contributed by atoms with van der Waals surface area (Å²) in [5, 5.41) is 2.47. The summed E-state index contributed by atoms with van der Waals surface area (Å²) >= 11 is 16.2. The lowest BCUT2D eigenvalue weighted by Crippen LogP contribution is -2.03. The van der Waals surface area contributed by atoms with Crippen LogP contribution in [0.25, 0.3) is 0 Å². The van der Waals surface area contributed by atoms with E-state index < -0.39 is 0 Å². The third kappa shape index (κ3) is 7.85. The van der Waals surface area contributed by atoms with Gasteiger partial charge in [-0.25, -0.2) is 0 Å². The van der Waals surface area contributed by atoms with Crippen LogP contribution >= 0.6 is 61.4 Å². The molecule has 0 amide bonds. The third-order valence-corrected chi connectivity index (χ3v) is 4.82. The van der Waals surface area contributed by atoms with E-state index in [0.717, 1.165) is 21.7 Å². The van der Waals surface area contributed by atoms with Gasteiger partial charge in [0.05, 0.1) is 0 Å². The summed E-state index contributed by atoms with van der Waals surface area (Å²) in [6, 6.07) is 0. The van der Waals surface area contributed by atoms with Crippen molar-refractivity contribution < 1.29 is 0 Å². The molecule has 0 saturated heterocycles. The molecular weight excluding hydrogens is 220 g/mol. The van der Waals surface area contributed by atoms with Crippen molar-refractivity contribution in [3.8, 4) is 0 Å². The summed E-state index contributed by atoms with van der Waals surface area (Å²) in [4.78, 5) is 0. The Bertz CT molecular complexity index is 67.1. The zero-order chi connectivity index (χ0) is 7.82. The van der Waals surface area contributed by atoms with Gasteiger partial charge in [-0.3, -0.25) is 0 Å². The van der Waals surface area contributed by atoms with E-state index >= 15 is 0 Å². The molecule has 1 atom stereocenters. The van der Waals surface area contributed by atoms with Crippen molar-refractivity contribution in [1.29, 1.82) is 0 Å². The summed E-state index contributed by atoms with van der Waals surface area (Å²) in [6.07, 6.45) is 0. The molecule has 0 fully saturated rings. The van der Waals surface area contributed by atoms with Crippen molar-refractivity contribution in [2.45, 2.75) is 5.25 Å². The SMILES string of the molecule is SCSCSCC(S)CS.